The Hall–Kier alpha value is -0.930. The van der Waals surface area contributed by atoms with E-state index in [1.54, 1.807) is 13.0 Å². The molecule has 0 spiro atoms. The van der Waals surface area contributed by atoms with Gasteiger partial charge in [-0.2, -0.15) is 0 Å². The number of nitrogens with zero attached hydrogens (tertiary/aromatic N) is 1. The van der Waals surface area contributed by atoms with Crippen molar-refractivity contribution in [2.75, 3.05) is 13.6 Å². The van der Waals surface area contributed by atoms with Crippen molar-refractivity contribution in [1.82, 2.24) is 4.90 Å². The maximum absolute atomic E-state index is 13.3. The molecule has 0 aliphatic carbocycles. The zero-order valence-corrected chi connectivity index (χ0v) is 9.63. The summed E-state index contributed by atoms with van der Waals surface area (Å²) in [5.74, 6) is -0.138. The van der Waals surface area contributed by atoms with Crippen LogP contribution in [0.3, 0.4) is 0 Å². The first-order valence-electron chi connectivity index (χ1n) is 5.20. The molecule has 15 heavy (non-hydrogen) atoms. The lowest BCUT2D eigenvalue weighted by atomic mass is 10.1. The van der Waals surface area contributed by atoms with E-state index < -0.39 is 0 Å². The highest BCUT2D eigenvalue weighted by molar-refractivity contribution is 5.23. The first-order valence-corrected chi connectivity index (χ1v) is 5.20. The fourth-order valence-electron chi connectivity index (χ4n) is 1.36. The van der Waals surface area contributed by atoms with Crippen molar-refractivity contribution < 1.29 is 4.39 Å². The van der Waals surface area contributed by atoms with Crippen LogP contribution < -0.4 is 5.73 Å². The second-order valence-electron chi connectivity index (χ2n) is 4.08. The third-order valence-electron chi connectivity index (χ3n) is 2.76. The van der Waals surface area contributed by atoms with E-state index in [0.29, 0.717) is 18.2 Å². The van der Waals surface area contributed by atoms with Crippen LogP contribution in [0.1, 0.15) is 18.1 Å². The van der Waals surface area contributed by atoms with Gasteiger partial charge in [0.25, 0.3) is 0 Å². The molecule has 0 saturated heterocycles. The van der Waals surface area contributed by atoms with Gasteiger partial charge in [-0.05, 0) is 38.1 Å². The van der Waals surface area contributed by atoms with Crippen LogP contribution in [0.2, 0.25) is 0 Å². The second kappa shape index (κ2) is 5.24. The summed E-state index contributed by atoms with van der Waals surface area (Å²) in [6.07, 6.45) is 0. The van der Waals surface area contributed by atoms with E-state index in [9.17, 15) is 4.39 Å². The van der Waals surface area contributed by atoms with Crippen molar-refractivity contribution in [3.63, 3.8) is 0 Å². The first kappa shape index (κ1) is 12.1. The Morgan fingerprint density at radius 1 is 1.47 bits per heavy atom. The standard InChI is InChI=1S/C12H19FN2/c1-9-4-5-11(6-12(9)13)8-15(3)10(2)7-14/h4-6,10H,7-8,14H2,1-3H3. The summed E-state index contributed by atoms with van der Waals surface area (Å²) in [6.45, 7) is 5.18. The van der Waals surface area contributed by atoms with E-state index >= 15 is 0 Å². The van der Waals surface area contributed by atoms with Crippen LogP contribution in [0.4, 0.5) is 4.39 Å². The minimum absolute atomic E-state index is 0.138. The van der Waals surface area contributed by atoms with Gasteiger partial charge in [0.15, 0.2) is 0 Å². The molecule has 0 fully saturated rings. The third-order valence-corrected chi connectivity index (χ3v) is 2.76. The molecule has 0 aliphatic rings. The van der Waals surface area contributed by atoms with Crippen LogP contribution >= 0.6 is 0 Å². The number of likely N-dealkylation sites (N-methyl/N-ethyl adjacent to an activating group) is 1. The molecule has 1 aromatic carbocycles. The van der Waals surface area contributed by atoms with Gasteiger partial charge in [0, 0.05) is 19.1 Å². The topological polar surface area (TPSA) is 29.3 Å². The van der Waals surface area contributed by atoms with Gasteiger partial charge in [-0.25, -0.2) is 4.39 Å². The Labute approximate surface area is 90.9 Å². The first-order chi connectivity index (χ1) is 7.04. The Kier molecular flexibility index (Phi) is 4.24. The van der Waals surface area contributed by atoms with Gasteiger partial charge in [0.2, 0.25) is 0 Å². The Bertz CT molecular complexity index is 325. The lowest BCUT2D eigenvalue weighted by Crippen LogP contribution is -2.34. The molecule has 3 heteroatoms. The van der Waals surface area contributed by atoms with Gasteiger partial charge >= 0.3 is 0 Å². The summed E-state index contributed by atoms with van der Waals surface area (Å²) in [4.78, 5) is 2.12. The molecule has 84 valence electrons. The average molecular weight is 210 g/mol. The number of halogens is 1. The Balaban J connectivity index is 2.68. The van der Waals surface area contributed by atoms with Crippen LogP contribution in [-0.4, -0.2) is 24.5 Å². The van der Waals surface area contributed by atoms with E-state index in [1.807, 2.05) is 19.2 Å². The number of hydrogen-bond donors (Lipinski definition) is 1. The fraction of sp³-hybridized carbons (Fsp3) is 0.500. The predicted molar refractivity (Wildman–Crippen MR) is 61.1 cm³/mol. The second-order valence-corrected chi connectivity index (χ2v) is 4.08. The van der Waals surface area contributed by atoms with Crippen molar-refractivity contribution >= 4 is 0 Å². The monoisotopic (exact) mass is 210 g/mol. The molecule has 0 amide bonds. The normalized spacial score (nSPS) is 13.2. The van der Waals surface area contributed by atoms with Gasteiger partial charge in [0.1, 0.15) is 5.82 Å². The van der Waals surface area contributed by atoms with Crippen LogP contribution in [-0.2, 0) is 6.54 Å². The van der Waals surface area contributed by atoms with Crippen LogP contribution in [0.15, 0.2) is 18.2 Å². The number of nitrogens with two attached hydrogens (primary N) is 1. The van der Waals surface area contributed by atoms with Crippen molar-refractivity contribution in [3.05, 3.63) is 35.1 Å². The minimum Gasteiger partial charge on any atom is -0.329 e. The summed E-state index contributed by atoms with van der Waals surface area (Å²) in [7, 11) is 2.00. The molecule has 1 rings (SSSR count). The molecular formula is C12H19FN2. The van der Waals surface area contributed by atoms with Gasteiger partial charge in [-0.1, -0.05) is 12.1 Å². The maximum atomic E-state index is 13.3. The molecule has 0 aromatic heterocycles. The molecule has 1 aromatic rings. The number of aryl methyl sites for hydroxylation is 1. The quantitative estimate of drug-likeness (QED) is 0.822. The van der Waals surface area contributed by atoms with Crippen LogP contribution in [0.25, 0.3) is 0 Å². The Morgan fingerprint density at radius 3 is 2.67 bits per heavy atom. The molecule has 0 bridgehead atoms. The highest BCUT2D eigenvalue weighted by atomic mass is 19.1. The van der Waals surface area contributed by atoms with Crippen molar-refractivity contribution in [3.8, 4) is 0 Å². The highest BCUT2D eigenvalue weighted by Gasteiger charge is 2.08. The molecule has 2 N–H and O–H groups in total. The van der Waals surface area contributed by atoms with E-state index in [1.165, 1.54) is 0 Å². The zero-order chi connectivity index (χ0) is 11.4. The molecule has 0 radical (unpaired) electrons. The average Bonchev–Trinajstić information content (AvgIpc) is 2.22. The highest BCUT2D eigenvalue weighted by Crippen LogP contribution is 2.11. The van der Waals surface area contributed by atoms with E-state index in [2.05, 4.69) is 11.8 Å². The SMILES string of the molecule is Cc1ccc(CN(C)C(C)CN)cc1F. The fourth-order valence-corrected chi connectivity index (χ4v) is 1.36. The van der Waals surface area contributed by atoms with E-state index in [0.717, 1.165) is 12.1 Å². The van der Waals surface area contributed by atoms with Crippen LogP contribution in [0, 0.1) is 12.7 Å². The molecule has 1 atom stereocenters. The molecule has 1 unspecified atom stereocenters. The van der Waals surface area contributed by atoms with Crippen molar-refractivity contribution in [2.24, 2.45) is 5.73 Å². The summed E-state index contributed by atoms with van der Waals surface area (Å²) in [5, 5.41) is 0. The summed E-state index contributed by atoms with van der Waals surface area (Å²) in [6, 6.07) is 5.67. The molecule has 2 nitrogen and oxygen atoms in total. The van der Waals surface area contributed by atoms with Gasteiger partial charge in [-0.15, -0.1) is 0 Å². The number of rotatable bonds is 4. The zero-order valence-electron chi connectivity index (χ0n) is 9.63. The molecule has 0 aliphatic heterocycles. The van der Waals surface area contributed by atoms with E-state index in [-0.39, 0.29) is 5.82 Å². The number of hydrogen-bond acceptors (Lipinski definition) is 2. The lowest BCUT2D eigenvalue weighted by molar-refractivity contribution is 0.254. The van der Waals surface area contributed by atoms with Crippen molar-refractivity contribution in [2.45, 2.75) is 26.4 Å². The summed E-state index contributed by atoms with van der Waals surface area (Å²) in [5.41, 5.74) is 7.24. The van der Waals surface area contributed by atoms with E-state index in [4.69, 9.17) is 5.73 Å². The lowest BCUT2D eigenvalue weighted by Gasteiger charge is -2.23. The molecule has 0 saturated carbocycles. The summed E-state index contributed by atoms with van der Waals surface area (Å²) < 4.78 is 13.3. The smallest absolute Gasteiger partial charge is 0.126 e. The van der Waals surface area contributed by atoms with Gasteiger partial charge in [0.05, 0.1) is 0 Å². The Morgan fingerprint density at radius 2 is 2.13 bits per heavy atom. The number of benzene rings is 1. The van der Waals surface area contributed by atoms with Gasteiger partial charge in [-0.3, -0.25) is 4.90 Å². The van der Waals surface area contributed by atoms with Gasteiger partial charge < -0.3 is 5.73 Å². The maximum Gasteiger partial charge on any atom is 0.126 e. The summed E-state index contributed by atoms with van der Waals surface area (Å²) >= 11 is 0. The minimum atomic E-state index is -0.138. The van der Waals surface area contributed by atoms with Crippen LogP contribution in [0.5, 0.6) is 0 Å². The molecular weight excluding hydrogens is 191 g/mol. The molecule has 0 heterocycles. The largest absolute Gasteiger partial charge is 0.329 e. The third kappa shape index (κ3) is 3.29. The predicted octanol–water partition coefficient (Wildman–Crippen LogP) is 1.91. The van der Waals surface area contributed by atoms with Crippen molar-refractivity contribution in [1.29, 1.82) is 0 Å².